The number of hydrogen-bond acceptors (Lipinski definition) is 4. The number of thiazole rings is 1. The van der Waals surface area contributed by atoms with Gasteiger partial charge in [-0.15, -0.1) is 0 Å². The number of benzene rings is 2. The molecule has 3 rings (SSSR count). The van der Waals surface area contributed by atoms with Gasteiger partial charge in [-0.25, -0.2) is 4.98 Å². The van der Waals surface area contributed by atoms with Crippen LogP contribution in [0.15, 0.2) is 36.4 Å². The summed E-state index contributed by atoms with van der Waals surface area (Å²) in [4.78, 5) is 27.7. The van der Waals surface area contributed by atoms with Crippen LogP contribution in [0.4, 0.5) is 10.8 Å². The zero-order chi connectivity index (χ0) is 17.3. The van der Waals surface area contributed by atoms with Gasteiger partial charge in [0.15, 0.2) is 5.13 Å². The Morgan fingerprint density at radius 2 is 1.88 bits per heavy atom. The Balaban J connectivity index is 1.85. The van der Waals surface area contributed by atoms with Crippen molar-refractivity contribution in [3.63, 3.8) is 0 Å². The van der Waals surface area contributed by atoms with E-state index in [1.165, 1.54) is 24.3 Å². The van der Waals surface area contributed by atoms with E-state index in [0.717, 1.165) is 10.2 Å². The van der Waals surface area contributed by atoms with Gasteiger partial charge in [-0.1, -0.05) is 34.5 Å². The van der Waals surface area contributed by atoms with Gasteiger partial charge in [0.2, 0.25) is 5.91 Å². The van der Waals surface area contributed by atoms with Gasteiger partial charge in [0.25, 0.3) is 5.91 Å². The highest BCUT2D eigenvalue weighted by atomic mass is 35.5. The Hall–Kier alpha value is -2.15. The zero-order valence-corrected chi connectivity index (χ0v) is 14.7. The number of anilines is 2. The Morgan fingerprint density at radius 3 is 2.62 bits per heavy atom. The van der Waals surface area contributed by atoms with Crippen LogP contribution in [-0.2, 0) is 4.79 Å². The highest BCUT2D eigenvalue weighted by molar-refractivity contribution is 7.22. The summed E-state index contributed by atoms with van der Waals surface area (Å²) in [5.41, 5.74) is 1.64. The Morgan fingerprint density at radius 1 is 1.08 bits per heavy atom. The highest BCUT2D eigenvalue weighted by Gasteiger charge is 2.12. The lowest BCUT2D eigenvalue weighted by Crippen LogP contribution is -2.12. The summed E-state index contributed by atoms with van der Waals surface area (Å²) in [5, 5.41) is 6.69. The SMILES string of the molecule is CC(=O)Nc1nc2ccc(NC(=O)c3cc(Cl)ccc3Cl)cc2s1. The molecule has 24 heavy (non-hydrogen) atoms. The molecular weight excluding hydrogens is 369 g/mol. The van der Waals surface area contributed by atoms with Crippen LogP contribution in [0, 0.1) is 0 Å². The minimum Gasteiger partial charge on any atom is -0.322 e. The van der Waals surface area contributed by atoms with E-state index in [2.05, 4.69) is 15.6 Å². The molecule has 2 amide bonds. The number of hydrogen-bond donors (Lipinski definition) is 2. The van der Waals surface area contributed by atoms with Gasteiger partial charge in [0.05, 0.1) is 20.8 Å². The van der Waals surface area contributed by atoms with E-state index < -0.39 is 0 Å². The molecule has 2 N–H and O–H groups in total. The number of amides is 2. The van der Waals surface area contributed by atoms with Crippen molar-refractivity contribution in [3.05, 3.63) is 52.0 Å². The van der Waals surface area contributed by atoms with Gasteiger partial charge < -0.3 is 10.6 Å². The van der Waals surface area contributed by atoms with Gasteiger partial charge in [-0.05, 0) is 36.4 Å². The molecule has 1 aromatic heterocycles. The fourth-order valence-corrected chi connectivity index (χ4v) is 3.40. The Labute approximate surface area is 151 Å². The van der Waals surface area contributed by atoms with E-state index >= 15 is 0 Å². The predicted octanol–water partition coefficient (Wildman–Crippen LogP) is 4.81. The molecule has 0 bridgehead atoms. The average molecular weight is 380 g/mol. The smallest absolute Gasteiger partial charge is 0.257 e. The van der Waals surface area contributed by atoms with E-state index in [9.17, 15) is 9.59 Å². The Kier molecular flexibility index (Phi) is 4.71. The molecule has 5 nitrogen and oxygen atoms in total. The van der Waals surface area contributed by atoms with Crippen molar-refractivity contribution in [2.45, 2.75) is 6.92 Å². The minimum absolute atomic E-state index is 0.182. The number of carbonyl (C=O) groups is 2. The second-order valence-corrected chi connectivity index (χ2v) is 6.84. The van der Waals surface area contributed by atoms with Crippen LogP contribution in [0.25, 0.3) is 10.2 Å². The van der Waals surface area contributed by atoms with E-state index in [4.69, 9.17) is 23.2 Å². The van der Waals surface area contributed by atoms with E-state index in [1.807, 2.05) is 0 Å². The number of carbonyl (C=O) groups excluding carboxylic acids is 2. The first-order chi connectivity index (χ1) is 11.4. The van der Waals surface area contributed by atoms with E-state index in [0.29, 0.717) is 26.4 Å². The van der Waals surface area contributed by atoms with Crippen LogP contribution in [0.2, 0.25) is 10.0 Å². The second-order valence-electron chi connectivity index (χ2n) is 4.96. The van der Waals surface area contributed by atoms with Crippen LogP contribution in [0.1, 0.15) is 17.3 Å². The maximum absolute atomic E-state index is 12.4. The summed E-state index contributed by atoms with van der Waals surface area (Å²) in [7, 11) is 0. The van der Waals surface area contributed by atoms with Crippen LogP contribution in [0.5, 0.6) is 0 Å². The Bertz CT molecular complexity index is 956. The minimum atomic E-state index is -0.353. The standard InChI is InChI=1S/C16H11Cl2N3O2S/c1-8(22)19-16-21-13-5-3-10(7-14(13)24-16)20-15(23)11-6-9(17)2-4-12(11)18/h2-7H,1H3,(H,20,23)(H,19,21,22). The zero-order valence-electron chi connectivity index (χ0n) is 12.4. The van der Waals surface area contributed by atoms with Crippen LogP contribution < -0.4 is 10.6 Å². The molecule has 0 spiro atoms. The molecule has 0 saturated carbocycles. The molecule has 0 unspecified atom stereocenters. The topological polar surface area (TPSA) is 71.1 Å². The van der Waals surface area contributed by atoms with Crippen LogP contribution in [-0.4, -0.2) is 16.8 Å². The summed E-state index contributed by atoms with van der Waals surface area (Å²) < 4.78 is 0.841. The molecule has 0 radical (unpaired) electrons. The molecule has 0 fully saturated rings. The lowest BCUT2D eigenvalue weighted by Gasteiger charge is -2.07. The first kappa shape index (κ1) is 16.7. The summed E-state index contributed by atoms with van der Waals surface area (Å²) in [6, 6.07) is 9.99. The highest BCUT2D eigenvalue weighted by Crippen LogP contribution is 2.29. The third-order valence-electron chi connectivity index (χ3n) is 3.10. The number of rotatable bonds is 3. The van der Waals surface area contributed by atoms with Crippen LogP contribution in [0.3, 0.4) is 0 Å². The monoisotopic (exact) mass is 379 g/mol. The summed E-state index contributed by atoms with van der Waals surface area (Å²) in [6.07, 6.45) is 0. The van der Waals surface area contributed by atoms with Crippen molar-refractivity contribution in [2.75, 3.05) is 10.6 Å². The van der Waals surface area contributed by atoms with E-state index in [-0.39, 0.29) is 11.8 Å². The molecule has 0 aliphatic rings. The van der Waals surface area contributed by atoms with Crippen molar-refractivity contribution < 1.29 is 9.59 Å². The second kappa shape index (κ2) is 6.76. The average Bonchev–Trinajstić information content (AvgIpc) is 2.90. The third-order valence-corrected chi connectivity index (χ3v) is 4.60. The molecule has 3 aromatic rings. The molecule has 2 aromatic carbocycles. The van der Waals surface area contributed by atoms with Gasteiger partial charge in [-0.3, -0.25) is 9.59 Å². The first-order valence-electron chi connectivity index (χ1n) is 6.87. The quantitative estimate of drug-likeness (QED) is 0.685. The fraction of sp³-hybridized carbons (Fsp3) is 0.0625. The summed E-state index contributed by atoms with van der Waals surface area (Å²) >= 11 is 13.3. The van der Waals surface area contributed by atoms with Crippen molar-refractivity contribution in [3.8, 4) is 0 Å². The number of aromatic nitrogens is 1. The van der Waals surface area contributed by atoms with Crippen molar-refractivity contribution in [1.82, 2.24) is 4.98 Å². The number of nitrogens with zero attached hydrogens (tertiary/aromatic N) is 1. The fourth-order valence-electron chi connectivity index (χ4n) is 2.08. The largest absolute Gasteiger partial charge is 0.322 e. The molecule has 0 saturated heterocycles. The lowest BCUT2D eigenvalue weighted by molar-refractivity contribution is -0.114. The lowest BCUT2D eigenvalue weighted by atomic mass is 10.2. The summed E-state index contributed by atoms with van der Waals surface area (Å²) in [6.45, 7) is 1.42. The predicted molar refractivity (Wildman–Crippen MR) is 98.3 cm³/mol. The number of fused-ring (bicyclic) bond motifs is 1. The number of nitrogens with one attached hydrogen (secondary N) is 2. The molecule has 1 heterocycles. The van der Waals surface area contributed by atoms with Crippen molar-refractivity contribution in [1.29, 1.82) is 0 Å². The van der Waals surface area contributed by atoms with Gasteiger partial charge in [0, 0.05) is 17.6 Å². The first-order valence-corrected chi connectivity index (χ1v) is 8.44. The normalized spacial score (nSPS) is 10.6. The maximum atomic E-state index is 12.4. The molecule has 122 valence electrons. The molecule has 0 aliphatic heterocycles. The van der Waals surface area contributed by atoms with Gasteiger partial charge in [-0.2, -0.15) is 0 Å². The van der Waals surface area contributed by atoms with E-state index in [1.54, 1.807) is 30.3 Å². The number of halogens is 2. The molecular formula is C16H11Cl2N3O2S. The molecule has 0 aliphatic carbocycles. The molecule has 8 heteroatoms. The third kappa shape index (κ3) is 3.67. The van der Waals surface area contributed by atoms with Crippen molar-refractivity contribution >= 4 is 67.4 Å². The van der Waals surface area contributed by atoms with Gasteiger partial charge >= 0.3 is 0 Å². The maximum Gasteiger partial charge on any atom is 0.257 e. The van der Waals surface area contributed by atoms with Crippen LogP contribution >= 0.6 is 34.5 Å². The van der Waals surface area contributed by atoms with Gasteiger partial charge in [0.1, 0.15) is 0 Å². The molecule has 0 atom stereocenters. The van der Waals surface area contributed by atoms with Crippen molar-refractivity contribution in [2.24, 2.45) is 0 Å². The summed E-state index contributed by atoms with van der Waals surface area (Å²) in [5.74, 6) is -0.536.